The number of hydrogen-bond donors (Lipinski definition) is 1. The highest BCUT2D eigenvalue weighted by atomic mass is 19.4. The zero-order valence-corrected chi connectivity index (χ0v) is 14.6. The van der Waals surface area contributed by atoms with Gasteiger partial charge < -0.3 is 10.2 Å². The fourth-order valence-electron chi connectivity index (χ4n) is 2.93. The molecule has 144 valence electrons. The molecule has 3 rings (SSSR count). The smallest absolute Gasteiger partial charge is 0.320 e. The summed E-state index contributed by atoms with van der Waals surface area (Å²) >= 11 is 0. The molecule has 0 radical (unpaired) electrons. The van der Waals surface area contributed by atoms with Crippen molar-refractivity contribution < 1.29 is 22.4 Å². The summed E-state index contributed by atoms with van der Waals surface area (Å²) in [7, 11) is 0. The Morgan fingerprint density at radius 1 is 1.14 bits per heavy atom. The maximum atomic E-state index is 13.1. The van der Waals surface area contributed by atoms with Crippen LogP contribution in [0.15, 0.2) is 48.5 Å². The molecule has 2 aromatic carbocycles. The van der Waals surface area contributed by atoms with E-state index >= 15 is 0 Å². The number of nitrogens with one attached hydrogen (secondary N) is 1. The van der Waals surface area contributed by atoms with E-state index in [1.54, 1.807) is 12.1 Å². The first-order valence-corrected chi connectivity index (χ1v) is 8.40. The molecular formula is C20H15F4N3O. The average Bonchev–Trinajstić information content (AvgIpc) is 2.68. The number of amides is 2. The van der Waals surface area contributed by atoms with Gasteiger partial charge in [-0.05, 0) is 54.0 Å². The van der Waals surface area contributed by atoms with Crippen LogP contribution in [0.25, 0.3) is 5.57 Å². The highest BCUT2D eigenvalue weighted by Gasteiger charge is 2.34. The molecular weight excluding hydrogens is 374 g/mol. The van der Waals surface area contributed by atoms with Gasteiger partial charge in [0, 0.05) is 18.8 Å². The van der Waals surface area contributed by atoms with Crippen molar-refractivity contribution in [3.8, 4) is 6.07 Å². The number of carbonyl (C=O) groups excluding carboxylic acids is 1. The first-order valence-electron chi connectivity index (χ1n) is 8.40. The Hall–Kier alpha value is -3.34. The second kappa shape index (κ2) is 7.72. The number of alkyl halides is 3. The van der Waals surface area contributed by atoms with E-state index in [4.69, 9.17) is 5.26 Å². The van der Waals surface area contributed by atoms with Crippen LogP contribution in [0.5, 0.6) is 0 Å². The Kier molecular flexibility index (Phi) is 5.36. The van der Waals surface area contributed by atoms with Crippen LogP contribution in [0, 0.1) is 17.1 Å². The lowest BCUT2D eigenvalue weighted by atomic mass is 9.95. The largest absolute Gasteiger partial charge is 0.417 e. The third-order valence-electron chi connectivity index (χ3n) is 4.41. The van der Waals surface area contributed by atoms with Crippen LogP contribution in [0.3, 0.4) is 0 Å². The van der Waals surface area contributed by atoms with Gasteiger partial charge in [-0.2, -0.15) is 18.4 Å². The number of carbonyl (C=O) groups is 1. The van der Waals surface area contributed by atoms with Crippen LogP contribution in [0.4, 0.5) is 28.0 Å². The Balaban J connectivity index is 1.72. The van der Waals surface area contributed by atoms with Gasteiger partial charge in [0.25, 0.3) is 0 Å². The van der Waals surface area contributed by atoms with E-state index in [0.717, 1.165) is 12.1 Å². The molecule has 0 fully saturated rings. The van der Waals surface area contributed by atoms with Crippen LogP contribution in [-0.4, -0.2) is 24.0 Å². The van der Waals surface area contributed by atoms with Crippen molar-refractivity contribution in [1.29, 1.82) is 5.26 Å². The van der Waals surface area contributed by atoms with Gasteiger partial charge in [0.05, 0.1) is 17.2 Å². The van der Waals surface area contributed by atoms with Crippen LogP contribution >= 0.6 is 0 Å². The predicted octanol–water partition coefficient (Wildman–Crippen LogP) is 5.04. The summed E-state index contributed by atoms with van der Waals surface area (Å²) in [6.45, 7) is 0.546. The molecule has 28 heavy (non-hydrogen) atoms. The SMILES string of the molecule is N#Cc1ccc(C2=CCN(C(=O)Nc3ccc(F)cc3)CC2)cc1C(F)(F)F. The molecule has 1 N–H and O–H groups in total. The highest BCUT2D eigenvalue weighted by Crippen LogP contribution is 2.34. The zero-order chi connectivity index (χ0) is 20.3. The summed E-state index contributed by atoms with van der Waals surface area (Å²) in [4.78, 5) is 13.8. The Morgan fingerprint density at radius 2 is 1.86 bits per heavy atom. The van der Waals surface area contributed by atoms with Gasteiger partial charge in [-0.3, -0.25) is 0 Å². The number of hydrogen-bond acceptors (Lipinski definition) is 2. The molecule has 0 bridgehead atoms. The molecule has 8 heteroatoms. The third kappa shape index (κ3) is 4.31. The van der Waals surface area contributed by atoms with Gasteiger partial charge in [0.2, 0.25) is 0 Å². The quantitative estimate of drug-likeness (QED) is 0.732. The summed E-state index contributed by atoms with van der Waals surface area (Å²) in [5, 5.41) is 11.5. The molecule has 1 aliphatic heterocycles. The normalized spacial score (nSPS) is 14.2. The number of nitrogens with zero attached hydrogens (tertiary/aromatic N) is 2. The Bertz CT molecular complexity index is 959. The minimum atomic E-state index is -4.61. The molecule has 2 amide bonds. The first kappa shape index (κ1) is 19.4. The van der Waals surface area contributed by atoms with Crippen LogP contribution in [-0.2, 0) is 6.18 Å². The standard InChI is InChI=1S/C20H15F4N3O/c21-16-3-5-17(6-4-16)26-19(28)27-9-7-13(8-10-27)14-1-2-15(12-25)18(11-14)20(22,23)24/h1-7,11H,8-10H2,(H,26,28). The number of urea groups is 1. The van der Waals surface area contributed by atoms with Gasteiger partial charge in [-0.25, -0.2) is 9.18 Å². The summed E-state index contributed by atoms with van der Waals surface area (Å²) in [5.41, 5.74) is 0.117. The molecule has 1 heterocycles. The fraction of sp³-hybridized carbons (Fsp3) is 0.200. The number of rotatable bonds is 2. The number of nitriles is 1. The Labute approximate surface area is 158 Å². The number of anilines is 1. The van der Waals surface area contributed by atoms with Crippen molar-refractivity contribution in [2.75, 3.05) is 18.4 Å². The summed E-state index contributed by atoms with van der Waals surface area (Å²) < 4.78 is 52.3. The van der Waals surface area contributed by atoms with E-state index in [1.807, 2.05) is 0 Å². The molecule has 0 atom stereocenters. The number of halogens is 4. The summed E-state index contributed by atoms with van der Waals surface area (Å²) in [5.74, 6) is -0.413. The van der Waals surface area contributed by atoms with Crippen molar-refractivity contribution in [3.63, 3.8) is 0 Å². The second-order valence-electron chi connectivity index (χ2n) is 6.23. The maximum Gasteiger partial charge on any atom is 0.417 e. The summed E-state index contributed by atoms with van der Waals surface area (Å²) in [6.07, 6.45) is -2.55. The highest BCUT2D eigenvalue weighted by molar-refractivity contribution is 5.90. The van der Waals surface area contributed by atoms with Crippen LogP contribution < -0.4 is 5.32 Å². The van der Waals surface area contributed by atoms with E-state index in [0.29, 0.717) is 29.8 Å². The lowest BCUT2D eigenvalue weighted by molar-refractivity contribution is -0.137. The van der Waals surface area contributed by atoms with E-state index in [2.05, 4.69) is 5.32 Å². The van der Waals surface area contributed by atoms with Crippen molar-refractivity contribution in [2.45, 2.75) is 12.6 Å². The van der Waals surface area contributed by atoms with Crippen LogP contribution in [0.2, 0.25) is 0 Å². The zero-order valence-electron chi connectivity index (χ0n) is 14.6. The molecule has 2 aromatic rings. The number of benzene rings is 2. The van der Waals surface area contributed by atoms with Crippen molar-refractivity contribution in [3.05, 3.63) is 71.0 Å². The lowest BCUT2D eigenvalue weighted by Crippen LogP contribution is -2.37. The van der Waals surface area contributed by atoms with Crippen molar-refractivity contribution in [2.24, 2.45) is 0 Å². The van der Waals surface area contributed by atoms with Crippen molar-refractivity contribution >= 4 is 17.3 Å². The van der Waals surface area contributed by atoms with E-state index < -0.39 is 23.1 Å². The molecule has 0 saturated carbocycles. The predicted molar refractivity (Wildman–Crippen MR) is 95.7 cm³/mol. The molecule has 0 spiro atoms. The summed E-state index contributed by atoms with van der Waals surface area (Å²) in [6, 6.07) is 10.1. The van der Waals surface area contributed by atoms with E-state index in [1.165, 1.54) is 35.2 Å². The molecule has 0 aliphatic carbocycles. The Morgan fingerprint density at radius 3 is 2.43 bits per heavy atom. The van der Waals surface area contributed by atoms with Gasteiger partial charge >= 0.3 is 12.2 Å². The van der Waals surface area contributed by atoms with Crippen molar-refractivity contribution in [1.82, 2.24) is 4.90 Å². The lowest BCUT2D eigenvalue weighted by Gasteiger charge is -2.27. The third-order valence-corrected chi connectivity index (χ3v) is 4.41. The van der Waals surface area contributed by atoms with E-state index in [-0.39, 0.29) is 12.6 Å². The molecule has 0 aromatic heterocycles. The monoisotopic (exact) mass is 389 g/mol. The molecule has 1 aliphatic rings. The minimum Gasteiger partial charge on any atom is -0.320 e. The molecule has 4 nitrogen and oxygen atoms in total. The average molecular weight is 389 g/mol. The topological polar surface area (TPSA) is 56.1 Å². The van der Waals surface area contributed by atoms with Crippen LogP contribution in [0.1, 0.15) is 23.1 Å². The van der Waals surface area contributed by atoms with Gasteiger partial charge in [0.15, 0.2) is 0 Å². The van der Waals surface area contributed by atoms with Gasteiger partial charge in [-0.1, -0.05) is 12.1 Å². The molecule has 0 saturated heterocycles. The van der Waals surface area contributed by atoms with Gasteiger partial charge in [0.1, 0.15) is 5.82 Å². The van der Waals surface area contributed by atoms with E-state index in [9.17, 15) is 22.4 Å². The fourth-order valence-corrected chi connectivity index (χ4v) is 2.93. The van der Waals surface area contributed by atoms with Gasteiger partial charge in [-0.15, -0.1) is 0 Å². The first-order chi connectivity index (χ1) is 13.3. The maximum absolute atomic E-state index is 13.1. The second-order valence-corrected chi connectivity index (χ2v) is 6.23. The minimum absolute atomic E-state index is 0.226. The molecule has 0 unspecified atom stereocenters.